The Labute approximate surface area is 124 Å². The number of benzene rings is 1. The van der Waals surface area contributed by atoms with Gasteiger partial charge in [0.25, 0.3) is 0 Å². The fraction of sp³-hybridized carbons (Fsp3) is 0.294. The second kappa shape index (κ2) is 6.97. The predicted molar refractivity (Wildman–Crippen MR) is 82.2 cm³/mol. The predicted octanol–water partition coefficient (Wildman–Crippen LogP) is 3.49. The summed E-state index contributed by atoms with van der Waals surface area (Å²) < 4.78 is 12.8. The van der Waals surface area contributed by atoms with Crippen LogP contribution < -0.4 is 4.90 Å². The van der Waals surface area contributed by atoms with Crippen molar-refractivity contribution < 1.29 is 9.18 Å². The number of hydrogen-bond acceptors (Lipinski definition) is 3. The van der Waals surface area contributed by atoms with Gasteiger partial charge in [-0.1, -0.05) is 19.1 Å². The number of pyridine rings is 1. The number of carbonyl (C=O) groups is 1. The average molecular weight is 286 g/mol. The van der Waals surface area contributed by atoms with Crippen LogP contribution in [0.15, 0.2) is 42.6 Å². The molecule has 0 bridgehead atoms. The molecule has 0 spiro atoms. The van der Waals surface area contributed by atoms with Gasteiger partial charge in [-0.05, 0) is 36.2 Å². The first kappa shape index (κ1) is 15.2. The first-order valence-corrected chi connectivity index (χ1v) is 7.05. The maximum Gasteiger partial charge on any atom is 0.182 e. The zero-order valence-corrected chi connectivity index (χ0v) is 12.3. The molecule has 0 saturated heterocycles. The van der Waals surface area contributed by atoms with Crippen molar-refractivity contribution >= 4 is 11.5 Å². The number of aryl methyl sites for hydroxylation is 1. The molecule has 0 atom stereocenters. The van der Waals surface area contributed by atoms with Crippen molar-refractivity contribution in [3.63, 3.8) is 0 Å². The summed E-state index contributed by atoms with van der Waals surface area (Å²) in [5, 5.41) is 0. The lowest BCUT2D eigenvalue weighted by Crippen LogP contribution is -2.21. The molecule has 0 amide bonds. The standard InChI is InChI=1S/C17H19FN2O/c1-3-13-4-7-15(8-5-13)20(2)11-10-17(21)16-9-6-14(18)12-19-16/h4-9,12H,3,10-11H2,1-2H3. The van der Waals surface area contributed by atoms with Crippen molar-refractivity contribution in [3.05, 3.63) is 59.7 Å². The number of ketones is 1. The van der Waals surface area contributed by atoms with Crippen molar-refractivity contribution in [3.8, 4) is 0 Å². The molecule has 1 aromatic heterocycles. The summed E-state index contributed by atoms with van der Waals surface area (Å²) in [6.45, 7) is 2.72. The van der Waals surface area contributed by atoms with Crippen LogP contribution in [0.2, 0.25) is 0 Å². The topological polar surface area (TPSA) is 33.2 Å². The maximum atomic E-state index is 12.8. The van der Waals surface area contributed by atoms with Crippen molar-refractivity contribution in [1.82, 2.24) is 4.98 Å². The summed E-state index contributed by atoms with van der Waals surface area (Å²) >= 11 is 0. The van der Waals surface area contributed by atoms with E-state index in [1.807, 2.05) is 11.9 Å². The normalized spacial score (nSPS) is 10.4. The smallest absolute Gasteiger partial charge is 0.182 e. The van der Waals surface area contributed by atoms with E-state index in [2.05, 4.69) is 36.2 Å². The zero-order chi connectivity index (χ0) is 15.2. The molecule has 1 heterocycles. The molecule has 2 aromatic rings. The molecule has 1 aromatic carbocycles. The van der Waals surface area contributed by atoms with E-state index >= 15 is 0 Å². The maximum absolute atomic E-state index is 12.8. The van der Waals surface area contributed by atoms with Crippen molar-refractivity contribution in [2.45, 2.75) is 19.8 Å². The Kier molecular flexibility index (Phi) is 5.04. The van der Waals surface area contributed by atoms with Gasteiger partial charge in [-0.15, -0.1) is 0 Å². The Bertz CT molecular complexity index is 593. The molecule has 0 aliphatic heterocycles. The molecule has 110 valence electrons. The number of aromatic nitrogens is 1. The average Bonchev–Trinajstić information content (AvgIpc) is 2.53. The molecule has 0 N–H and O–H groups in total. The highest BCUT2D eigenvalue weighted by atomic mass is 19.1. The summed E-state index contributed by atoms with van der Waals surface area (Å²) in [5.41, 5.74) is 2.68. The summed E-state index contributed by atoms with van der Waals surface area (Å²) in [7, 11) is 1.95. The van der Waals surface area contributed by atoms with Gasteiger partial charge in [0.2, 0.25) is 0 Å². The molecule has 0 unspecified atom stereocenters. The number of carbonyl (C=O) groups excluding carboxylic acids is 1. The molecule has 0 aliphatic rings. The molecule has 4 heteroatoms. The van der Waals surface area contributed by atoms with Gasteiger partial charge < -0.3 is 4.90 Å². The second-order valence-corrected chi connectivity index (χ2v) is 4.98. The third kappa shape index (κ3) is 4.12. The largest absolute Gasteiger partial charge is 0.374 e. The van der Waals surface area contributed by atoms with E-state index in [4.69, 9.17) is 0 Å². The highest BCUT2D eigenvalue weighted by Crippen LogP contribution is 2.15. The van der Waals surface area contributed by atoms with E-state index < -0.39 is 5.82 Å². The van der Waals surface area contributed by atoms with E-state index in [-0.39, 0.29) is 5.78 Å². The third-order valence-corrected chi connectivity index (χ3v) is 3.47. The molecule has 2 rings (SSSR count). The second-order valence-electron chi connectivity index (χ2n) is 4.98. The van der Waals surface area contributed by atoms with E-state index in [0.717, 1.165) is 18.3 Å². The van der Waals surface area contributed by atoms with Gasteiger partial charge in [-0.25, -0.2) is 4.39 Å². The minimum atomic E-state index is -0.431. The lowest BCUT2D eigenvalue weighted by atomic mass is 10.1. The van der Waals surface area contributed by atoms with Crippen LogP contribution in [0.25, 0.3) is 0 Å². The first-order chi connectivity index (χ1) is 10.1. The van der Waals surface area contributed by atoms with Gasteiger partial charge in [-0.3, -0.25) is 9.78 Å². The van der Waals surface area contributed by atoms with Crippen LogP contribution in [0.4, 0.5) is 10.1 Å². The van der Waals surface area contributed by atoms with Gasteiger partial charge in [0, 0.05) is 25.7 Å². The van der Waals surface area contributed by atoms with Crippen LogP contribution >= 0.6 is 0 Å². The van der Waals surface area contributed by atoms with E-state index in [1.165, 1.54) is 17.7 Å². The third-order valence-electron chi connectivity index (χ3n) is 3.47. The Morgan fingerprint density at radius 1 is 1.19 bits per heavy atom. The number of halogens is 1. The molecule has 21 heavy (non-hydrogen) atoms. The highest BCUT2D eigenvalue weighted by Gasteiger charge is 2.09. The molecule has 0 radical (unpaired) electrons. The molecule has 3 nitrogen and oxygen atoms in total. The fourth-order valence-corrected chi connectivity index (χ4v) is 2.05. The van der Waals surface area contributed by atoms with Gasteiger partial charge in [0.15, 0.2) is 5.78 Å². The molecule has 0 saturated carbocycles. The molecule has 0 fully saturated rings. The van der Waals surface area contributed by atoms with Crippen LogP contribution in [-0.4, -0.2) is 24.4 Å². The van der Waals surface area contributed by atoms with Gasteiger partial charge >= 0.3 is 0 Å². The van der Waals surface area contributed by atoms with Crippen LogP contribution in [0.1, 0.15) is 29.4 Å². The summed E-state index contributed by atoms with van der Waals surface area (Å²) in [6.07, 6.45) is 2.43. The SMILES string of the molecule is CCc1ccc(N(C)CCC(=O)c2ccc(F)cn2)cc1. The minimum absolute atomic E-state index is 0.0768. The number of Topliss-reactive ketones (excluding diaryl/α,β-unsaturated/α-hetero) is 1. The molecular formula is C17H19FN2O. The number of anilines is 1. The summed E-state index contributed by atoms with van der Waals surface area (Å²) in [4.78, 5) is 17.8. The lowest BCUT2D eigenvalue weighted by molar-refractivity contribution is 0.0980. The fourth-order valence-electron chi connectivity index (χ4n) is 2.05. The van der Waals surface area contributed by atoms with Crippen LogP contribution in [-0.2, 0) is 6.42 Å². The van der Waals surface area contributed by atoms with Crippen molar-refractivity contribution in [1.29, 1.82) is 0 Å². The Balaban J connectivity index is 1.92. The van der Waals surface area contributed by atoms with E-state index in [9.17, 15) is 9.18 Å². The van der Waals surface area contributed by atoms with Gasteiger partial charge in [-0.2, -0.15) is 0 Å². The first-order valence-electron chi connectivity index (χ1n) is 7.05. The van der Waals surface area contributed by atoms with Gasteiger partial charge in [0.1, 0.15) is 11.5 Å². The number of rotatable bonds is 6. The Hall–Kier alpha value is -2.23. The van der Waals surface area contributed by atoms with E-state index in [1.54, 1.807) is 0 Å². The molecular weight excluding hydrogens is 267 g/mol. The van der Waals surface area contributed by atoms with Gasteiger partial charge in [0.05, 0.1) is 6.20 Å². The monoisotopic (exact) mass is 286 g/mol. The molecule has 0 aliphatic carbocycles. The summed E-state index contributed by atoms with van der Waals surface area (Å²) in [5.74, 6) is -0.508. The van der Waals surface area contributed by atoms with E-state index in [0.29, 0.717) is 18.7 Å². The lowest BCUT2D eigenvalue weighted by Gasteiger charge is -2.19. The Morgan fingerprint density at radius 3 is 2.48 bits per heavy atom. The zero-order valence-electron chi connectivity index (χ0n) is 12.3. The summed E-state index contributed by atoms with van der Waals surface area (Å²) in [6, 6.07) is 11.0. The quantitative estimate of drug-likeness (QED) is 0.762. The minimum Gasteiger partial charge on any atom is -0.374 e. The highest BCUT2D eigenvalue weighted by molar-refractivity contribution is 5.94. The van der Waals surface area contributed by atoms with Crippen molar-refractivity contribution in [2.24, 2.45) is 0 Å². The number of hydrogen-bond donors (Lipinski definition) is 0. The van der Waals surface area contributed by atoms with Crippen LogP contribution in [0.3, 0.4) is 0 Å². The van der Waals surface area contributed by atoms with Crippen molar-refractivity contribution in [2.75, 3.05) is 18.5 Å². The number of nitrogens with zero attached hydrogens (tertiary/aromatic N) is 2. The Morgan fingerprint density at radius 2 is 1.90 bits per heavy atom. The van der Waals surface area contributed by atoms with Crippen LogP contribution in [0.5, 0.6) is 0 Å². The van der Waals surface area contributed by atoms with Crippen LogP contribution in [0, 0.1) is 5.82 Å².